The molecule has 0 aliphatic rings. The number of nitrogens with zero attached hydrogens (tertiary/aromatic N) is 1. The molecule has 3 aromatic rings. The summed E-state index contributed by atoms with van der Waals surface area (Å²) in [6, 6.07) is 13.6. The first kappa shape index (κ1) is 13.5. The number of hydrogen-bond acceptors (Lipinski definition) is 4. The summed E-state index contributed by atoms with van der Waals surface area (Å²) in [6.07, 6.45) is 4.73. The maximum absolute atomic E-state index is 11.7. The number of rotatable bonds is 4. The van der Waals surface area contributed by atoms with Gasteiger partial charge >= 0.3 is 5.97 Å². The molecule has 2 aromatic heterocycles. The summed E-state index contributed by atoms with van der Waals surface area (Å²) in [5.74, 6) is -0.365. The lowest BCUT2D eigenvalue weighted by atomic mass is 10.2. The van der Waals surface area contributed by atoms with Crippen LogP contribution in [0.5, 0.6) is 0 Å². The number of pyridine rings is 1. The maximum Gasteiger partial charge on any atom is 0.331 e. The zero-order valence-corrected chi connectivity index (χ0v) is 12.0. The predicted molar refractivity (Wildman–Crippen MR) is 84.9 cm³/mol. The minimum Gasteiger partial charge on any atom is -0.458 e. The van der Waals surface area contributed by atoms with E-state index in [-0.39, 0.29) is 12.6 Å². The Morgan fingerprint density at radius 3 is 2.90 bits per heavy atom. The van der Waals surface area contributed by atoms with Gasteiger partial charge in [-0.2, -0.15) is 0 Å². The number of aromatic nitrogens is 1. The molecule has 3 nitrogen and oxygen atoms in total. The first-order valence-corrected chi connectivity index (χ1v) is 7.42. The third-order valence-corrected chi connectivity index (χ3v) is 4.02. The van der Waals surface area contributed by atoms with E-state index in [0.29, 0.717) is 0 Å². The van der Waals surface area contributed by atoms with E-state index >= 15 is 0 Å². The lowest BCUT2D eigenvalue weighted by molar-refractivity contribution is -0.138. The van der Waals surface area contributed by atoms with Gasteiger partial charge in [0.2, 0.25) is 0 Å². The van der Waals surface area contributed by atoms with Crippen molar-refractivity contribution < 1.29 is 9.53 Å². The van der Waals surface area contributed by atoms with Crippen LogP contribution in [0.4, 0.5) is 0 Å². The van der Waals surface area contributed by atoms with Crippen LogP contribution in [0.2, 0.25) is 0 Å². The molecule has 0 saturated carbocycles. The molecule has 0 N–H and O–H groups in total. The van der Waals surface area contributed by atoms with Crippen LogP contribution in [0, 0.1) is 0 Å². The number of fused-ring (bicyclic) bond motifs is 1. The number of esters is 1. The van der Waals surface area contributed by atoms with E-state index in [9.17, 15) is 4.79 Å². The van der Waals surface area contributed by atoms with Crippen molar-refractivity contribution in [2.24, 2.45) is 0 Å². The van der Waals surface area contributed by atoms with Crippen LogP contribution in [0.25, 0.3) is 16.2 Å². The topological polar surface area (TPSA) is 39.2 Å². The van der Waals surface area contributed by atoms with Gasteiger partial charge in [0.1, 0.15) is 6.61 Å². The summed E-state index contributed by atoms with van der Waals surface area (Å²) in [7, 11) is 0. The normalized spacial score (nSPS) is 11.0. The molecule has 21 heavy (non-hydrogen) atoms. The third kappa shape index (κ3) is 3.35. The number of hydrogen-bond donors (Lipinski definition) is 0. The zero-order chi connectivity index (χ0) is 14.5. The quantitative estimate of drug-likeness (QED) is 0.538. The summed E-state index contributed by atoms with van der Waals surface area (Å²) in [4.78, 5) is 15.8. The number of carbonyl (C=O) groups excluding carboxylic acids is 1. The molecule has 0 bridgehead atoms. The Balaban J connectivity index is 1.62. The van der Waals surface area contributed by atoms with Crippen molar-refractivity contribution in [2.75, 3.05) is 0 Å². The second-order valence-electron chi connectivity index (χ2n) is 4.45. The summed E-state index contributed by atoms with van der Waals surface area (Å²) < 4.78 is 6.47. The van der Waals surface area contributed by atoms with Crippen molar-refractivity contribution in [3.8, 4) is 0 Å². The molecular weight excluding hydrogens is 282 g/mol. The van der Waals surface area contributed by atoms with Crippen LogP contribution in [0.15, 0.2) is 60.1 Å². The van der Waals surface area contributed by atoms with E-state index in [2.05, 4.69) is 11.1 Å². The SMILES string of the molecule is O=C(/C=C/c1ccccn1)OCc1csc2ccccc12. The van der Waals surface area contributed by atoms with E-state index in [0.717, 1.165) is 16.6 Å². The van der Waals surface area contributed by atoms with Crippen molar-refractivity contribution in [2.45, 2.75) is 6.61 Å². The first-order valence-electron chi connectivity index (χ1n) is 6.54. The standard InChI is InChI=1S/C17H13NO2S/c19-17(9-8-14-5-3-4-10-18-14)20-11-13-12-21-16-7-2-1-6-15(13)16/h1-10,12H,11H2/b9-8+. The van der Waals surface area contributed by atoms with Crippen LogP contribution in [-0.4, -0.2) is 11.0 Å². The average molecular weight is 295 g/mol. The van der Waals surface area contributed by atoms with Gasteiger partial charge in [0.15, 0.2) is 0 Å². The van der Waals surface area contributed by atoms with Gasteiger partial charge in [-0.1, -0.05) is 24.3 Å². The van der Waals surface area contributed by atoms with Crippen molar-refractivity contribution in [3.63, 3.8) is 0 Å². The van der Waals surface area contributed by atoms with Crippen LogP contribution in [0.3, 0.4) is 0 Å². The second kappa shape index (κ2) is 6.33. The molecule has 1 aromatic carbocycles. The number of thiophene rings is 1. The smallest absolute Gasteiger partial charge is 0.331 e. The third-order valence-electron chi connectivity index (χ3n) is 3.01. The minimum atomic E-state index is -0.365. The van der Waals surface area contributed by atoms with Gasteiger partial charge in [-0.3, -0.25) is 4.98 Å². The Hall–Kier alpha value is -2.46. The highest BCUT2D eigenvalue weighted by Gasteiger charge is 2.05. The van der Waals surface area contributed by atoms with Crippen molar-refractivity contribution in [3.05, 3.63) is 71.4 Å². The van der Waals surface area contributed by atoms with Crippen molar-refractivity contribution in [1.82, 2.24) is 4.98 Å². The Bertz CT molecular complexity index is 778. The summed E-state index contributed by atoms with van der Waals surface area (Å²) in [5.41, 5.74) is 1.77. The van der Waals surface area contributed by atoms with E-state index < -0.39 is 0 Å². The highest BCUT2D eigenvalue weighted by Crippen LogP contribution is 2.26. The van der Waals surface area contributed by atoms with Gasteiger partial charge in [-0.05, 0) is 35.0 Å². The lowest BCUT2D eigenvalue weighted by Gasteiger charge is -2.00. The molecule has 0 saturated heterocycles. The van der Waals surface area contributed by atoms with E-state index in [1.54, 1.807) is 23.6 Å². The number of ether oxygens (including phenoxy) is 1. The molecule has 0 amide bonds. The van der Waals surface area contributed by atoms with Gasteiger partial charge in [0.05, 0.1) is 5.69 Å². The highest BCUT2D eigenvalue weighted by molar-refractivity contribution is 7.17. The fraction of sp³-hybridized carbons (Fsp3) is 0.0588. The Morgan fingerprint density at radius 1 is 1.19 bits per heavy atom. The molecule has 0 spiro atoms. The molecule has 4 heteroatoms. The van der Waals surface area contributed by atoms with Gasteiger partial charge < -0.3 is 4.74 Å². The zero-order valence-electron chi connectivity index (χ0n) is 11.2. The fourth-order valence-electron chi connectivity index (χ4n) is 1.97. The Labute approximate surface area is 126 Å². The van der Waals surface area contributed by atoms with Crippen LogP contribution >= 0.6 is 11.3 Å². The molecule has 2 heterocycles. The van der Waals surface area contributed by atoms with Crippen LogP contribution < -0.4 is 0 Å². The molecule has 104 valence electrons. The molecule has 0 unspecified atom stereocenters. The van der Waals surface area contributed by atoms with Gasteiger partial charge in [-0.15, -0.1) is 11.3 Å². The van der Waals surface area contributed by atoms with Gasteiger partial charge in [0.25, 0.3) is 0 Å². The largest absolute Gasteiger partial charge is 0.458 e. The van der Waals surface area contributed by atoms with Gasteiger partial charge in [0, 0.05) is 22.5 Å². The summed E-state index contributed by atoms with van der Waals surface area (Å²) in [6.45, 7) is 0.287. The van der Waals surface area contributed by atoms with E-state index in [1.165, 1.54) is 10.8 Å². The monoisotopic (exact) mass is 295 g/mol. The van der Waals surface area contributed by atoms with Crippen LogP contribution in [0.1, 0.15) is 11.3 Å². The number of carbonyl (C=O) groups is 1. The van der Waals surface area contributed by atoms with E-state index in [4.69, 9.17) is 4.74 Å². The maximum atomic E-state index is 11.7. The van der Waals surface area contributed by atoms with Crippen molar-refractivity contribution >= 4 is 33.5 Å². The second-order valence-corrected chi connectivity index (χ2v) is 5.36. The minimum absolute atomic E-state index is 0.287. The summed E-state index contributed by atoms with van der Waals surface area (Å²) >= 11 is 1.66. The number of benzene rings is 1. The average Bonchev–Trinajstić information content (AvgIpc) is 2.95. The molecule has 0 aliphatic carbocycles. The fourth-order valence-corrected chi connectivity index (χ4v) is 2.92. The molecule has 0 atom stereocenters. The summed E-state index contributed by atoms with van der Waals surface area (Å²) in [5, 5.41) is 3.17. The molecule has 0 fully saturated rings. The van der Waals surface area contributed by atoms with Crippen molar-refractivity contribution in [1.29, 1.82) is 0 Å². The van der Waals surface area contributed by atoms with E-state index in [1.807, 2.05) is 41.8 Å². The predicted octanol–water partition coefficient (Wildman–Crippen LogP) is 4.05. The molecule has 0 radical (unpaired) electrons. The molecule has 0 aliphatic heterocycles. The molecular formula is C17H13NO2S. The Morgan fingerprint density at radius 2 is 2.05 bits per heavy atom. The lowest BCUT2D eigenvalue weighted by Crippen LogP contribution is -2.00. The van der Waals surface area contributed by atoms with Gasteiger partial charge in [-0.25, -0.2) is 4.79 Å². The Kier molecular flexibility index (Phi) is 4.07. The first-order chi connectivity index (χ1) is 10.3. The molecule has 3 rings (SSSR count). The highest BCUT2D eigenvalue weighted by atomic mass is 32.1. The van der Waals surface area contributed by atoms with Crippen LogP contribution in [-0.2, 0) is 16.1 Å².